The molecule has 1 aliphatic rings. The van der Waals surface area contributed by atoms with Gasteiger partial charge in [0.25, 0.3) is 5.91 Å². The number of nitrogens with zero attached hydrogens (tertiary/aromatic N) is 8. The number of hydrogen-bond donors (Lipinski definition) is 0. The number of fused-ring (bicyclic) bond motifs is 2. The zero-order valence-electron chi connectivity index (χ0n) is 24.4. The summed E-state index contributed by atoms with van der Waals surface area (Å²) in [4.78, 5) is 43.6. The van der Waals surface area contributed by atoms with Crippen LogP contribution in [0.1, 0.15) is 49.7 Å². The van der Waals surface area contributed by atoms with Crippen molar-refractivity contribution in [2.45, 2.75) is 52.2 Å². The number of benzene rings is 1. The Kier molecular flexibility index (Phi) is 7.20. The average molecular weight is 583 g/mol. The van der Waals surface area contributed by atoms with Crippen LogP contribution in [0.3, 0.4) is 0 Å². The number of rotatable bonds is 4. The minimum Gasteiger partial charge on any atom is -0.444 e. The van der Waals surface area contributed by atoms with Crippen LogP contribution in [0.15, 0.2) is 61.1 Å². The van der Waals surface area contributed by atoms with E-state index in [1.807, 2.05) is 31.2 Å². The van der Waals surface area contributed by atoms with E-state index in [4.69, 9.17) is 4.74 Å². The Bertz CT molecular complexity index is 1850. The first-order valence-corrected chi connectivity index (χ1v) is 14.1. The van der Waals surface area contributed by atoms with Crippen molar-refractivity contribution in [2.24, 2.45) is 0 Å². The first-order valence-electron chi connectivity index (χ1n) is 14.1. The van der Waals surface area contributed by atoms with Gasteiger partial charge < -0.3 is 9.64 Å². The molecular formula is C31H31FN8O3. The molecular weight excluding hydrogens is 551 g/mol. The zero-order chi connectivity index (χ0) is 30.3. The van der Waals surface area contributed by atoms with E-state index in [0.29, 0.717) is 36.4 Å². The molecule has 0 saturated carbocycles. The van der Waals surface area contributed by atoms with Gasteiger partial charge in [-0.1, -0.05) is 23.4 Å². The third-order valence-corrected chi connectivity index (χ3v) is 7.32. The SMILES string of the molecule is Cc1cccc2ccnc(N(C(=O)c3ncc(-n4nnc5cccnc54)cc3F)[C@@H]3CCCN(C(=O)OC(C)(C)C)C3)c12. The van der Waals surface area contributed by atoms with E-state index in [0.717, 1.165) is 16.3 Å². The third-order valence-electron chi connectivity index (χ3n) is 7.32. The first kappa shape index (κ1) is 28.1. The predicted molar refractivity (Wildman–Crippen MR) is 159 cm³/mol. The van der Waals surface area contributed by atoms with Gasteiger partial charge in [0.15, 0.2) is 17.2 Å². The third kappa shape index (κ3) is 5.47. The molecule has 220 valence electrons. The van der Waals surface area contributed by atoms with Crippen LogP contribution in [-0.2, 0) is 4.74 Å². The molecule has 1 fully saturated rings. The second-order valence-corrected chi connectivity index (χ2v) is 11.6. The topological polar surface area (TPSA) is 119 Å². The lowest BCUT2D eigenvalue weighted by Gasteiger charge is -2.39. The van der Waals surface area contributed by atoms with E-state index in [9.17, 15) is 9.59 Å². The summed E-state index contributed by atoms with van der Waals surface area (Å²) in [7, 11) is 0. The molecule has 1 saturated heterocycles. The molecule has 0 bridgehead atoms. The summed E-state index contributed by atoms with van der Waals surface area (Å²) in [6, 6.07) is 11.8. The maximum Gasteiger partial charge on any atom is 0.410 e. The zero-order valence-corrected chi connectivity index (χ0v) is 24.4. The van der Waals surface area contributed by atoms with E-state index in [-0.39, 0.29) is 17.9 Å². The number of carbonyl (C=O) groups excluding carboxylic acids is 2. The van der Waals surface area contributed by atoms with Gasteiger partial charge in [-0.3, -0.25) is 9.69 Å². The quantitative estimate of drug-likeness (QED) is 0.282. The fraction of sp³-hybridized carbons (Fsp3) is 0.323. The fourth-order valence-electron chi connectivity index (χ4n) is 5.42. The molecule has 11 nitrogen and oxygen atoms in total. The van der Waals surface area contributed by atoms with Crippen molar-refractivity contribution in [3.8, 4) is 5.69 Å². The van der Waals surface area contributed by atoms with Crippen LogP contribution < -0.4 is 4.90 Å². The fourth-order valence-corrected chi connectivity index (χ4v) is 5.42. The van der Waals surface area contributed by atoms with Crippen molar-refractivity contribution >= 4 is 39.8 Å². The molecule has 2 amide bonds. The summed E-state index contributed by atoms with van der Waals surface area (Å²) in [5.41, 5.74) is 1.11. The highest BCUT2D eigenvalue weighted by Crippen LogP contribution is 2.33. The van der Waals surface area contributed by atoms with Crippen LogP contribution in [0.4, 0.5) is 15.0 Å². The molecule has 0 N–H and O–H groups in total. The van der Waals surface area contributed by atoms with Crippen LogP contribution in [0.2, 0.25) is 0 Å². The van der Waals surface area contributed by atoms with E-state index in [1.54, 1.807) is 50.2 Å². The Balaban J connectivity index is 1.41. The second kappa shape index (κ2) is 11.0. The summed E-state index contributed by atoms with van der Waals surface area (Å²) in [5, 5.41) is 9.79. The highest BCUT2D eigenvalue weighted by atomic mass is 19.1. The normalized spacial score (nSPS) is 15.6. The van der Waals surface area contributed by atoms with Crippen LogP contribution in [0.25, 0.3) is 27.6 Å². The summed E-state index contributed by atoms with van der Waals surface area (Å²) < 4.78 is 22.8. The number of hydrogen-bond acceptors (Lipinski definition) is 8. The van der Waals surface area contributed by atoms with Crippen molar-refractivity contribution in [1.82, 2.24) is 34.8 Å². The summed E-state index contributed by atoms with van der Waals surface area (Å²) in [6.07, 6.45) is 5.32. The Hall–Kier alpha value is -5.00. The minimum atomic E-state index is -0.830. The van der Waals surface area contributed by atoms with Gasteiger partial charge >= 0.3 is 6.09 Å². The number of amides is 2. The Morgan fingerprint density at radius 3 is 2.70 bits per heavy atom. The maximum atomic E-state index is 15.8. The Labute approximate surface area is 247 Å². The summed E-state index contributed by atoms with van der Waals surface area (Å²) in [5.74, 6) is -1.11. The lowest BCUT2D eigenvalue weighted by Crippen LogP contribution is -2.53. The molecule has 0 aliphatic carbocycles. The van der Waals surface area contributed by atoms with Gasteiger partial charge in [-0.2, -0.15) is 4.68 Å². The van der Waals surface area contributed by atoms with E-state index >= 15 is 4.39 Å². The average Bonchev–Trinajstić information content (AvgIpc) is 3.41. The Morgan fingerprint density at radius 2 is 1.91 bits per heavy atom. The number of pyridine rings is 3. The lowest BCUT2D eigenvalue weighted by atomic mass is 10.0. The molecule has 1 atom stereocenters. The standard InChI is InChI=1S/C31H31FN8O3/c1-19-8-5-9-20-12-14-34-28(25(19)20)39(21-10-7-15-38(18-21)30(42)43-31(2,3)4)29(41)26-23(32)16-22(17-35-26)40-27-24(36-37-40)11-6-13-33-27/h5-6,8-9,11-14,16-17,21H,7,10,15,18H2,1-4H3/t21-/m1/s1. The van der Waals surface area contributed by atoms with Crippen molar-refractivity contribution < 1.29 is 18.7 Å². The highest BCUT2D eigenvalue weighted by molar-refractivity contribution is 6.10. The van der Waals surface area contributed by atoms with Gasteiger partial charge in [-0.05, 0) is 69.7 Å². The van der Waals surface area contributed by atoms with Gasteiger partial charge in [0.05, 0.1) is 17.9 Å². The number of halogens is 1. The lowest BCUT2D eigenvalue weighted by molar-refractivity contribution is 0.0196. The van der Waals surface area contributed by atoms with Crippen molar-refractivity contribution in [3.05, 3.63) is 78.1 Å². The molecule has 5 aromatic rings. The molecule has 4 aromatic heterocycles. The molecule has 1 aliphatic heterocycles. The second-order valence-electron chi connectivity index (χ2n) is 11.6. The highest BCUT2D eigenvalue weighted by Gasteiger charge is 2.36. The molecule has 0 spiro atoms. The van der Waals surface area contributed by atoms with Gasteiger partial charge in [-0.15, -0.1) is 5.10 Å². The van der Waals surface area contributed by atoms with Gasteiger partial charge in [0.1, 0.15) is 16.9 Å². The minimum absolute atomic E-state index is 0.195. The van der Waals surface area contributed by atoms with E-state index in [2.05, 4.69) is 25.3 Å². The molecule has 12 heteroatoms. The van der Waals surface area contributed by atoms with E-state index in [1.165, 1.54) is 21.8 Å². The van der Waals surface area contributed by atoms with Crippen molar-refractivity contribution in [2.75, 3.05) is 18.0 Å². The van der Waals surface area contributed by atoms with Crippen LogP contribution in [-0.4, -0.2) is 71.6 Å². The van der Waals surface area contributed by atoms with E-state index < -0.39 is 29.5 Å². The number of aromatic nitrogens is 6. The molecule has 1 aromatic carbocycles. The number of ether oxygens (including phenoxy) is 1. The molecule has 0 radical (unpaired) electrons. The largest absolute Gasteiger partial charge is 0.444 e. The number of aryl methyl sites for hydroxylation is 1. The summed E-state index contributed by atoms with van der Waals surface area (Å²) >= 11 is 0. The maximum absolute atomic E-state index is 15.8. The number of anilines is 1. The molecule has 5 heterocycles. The monoisotopic (exact) mass is 582 g/mol. The number of carbonyl (C=O) groups is 2. The molecule has 6 rings (SSSR count). The van der Waals surface area contributed by atoms with Crippen LogP contribution in [0.5, 0.6) is 0 Å². The smallest absolute Gasteiger partial charge is 0.410 e. The number of likely N-dealkylation sites (tertiary alicyclic amines) is 1. The Morgan fingerprint density at radius 1 is 1.07 bits per heavy atom. The van der Waals surface area contributed by atoms with Gasteiger partial charge in [0, 0.05) is 36.9 Å². The van der Waals surface area contributed by atoms with Crippen LogP contribution in [0, 0.1) is 12.7 Å². The first-order chi connectivity index (χ1) is 20.6. The predicted octanol–water partition coefficient (Wildman–Crippen LogP) is 5.25. The van der Waals surface area contributed by atoms with Crippen molar-refractivity contribution in [1.29, 1.82) is 0 Å². The molecule has 0 unspecified atom stereocenters. The van der Waals surface area contributed by atoms with Gasteiger partial charge in [-0.25, -0.2) is 24.1 Å². The molecule has 43 heavy (non-hydrogen) atoms. The van der Waals surface area contributed by atoms with Gasteiger partial charge in [0.2, 0.25) is 0 Å². The van der Waals surface area contributed by atoms with Crippen molar-refractivity contribution in [3.63, 3.8) is 0 Å². The summed E-state index contributed by atoms with van der Waals surface area (Å²) in [6.45, 7) is 8.04. The number of piperidine rings is 1. The van der Waals surface area contributed by atoms with Crippen LogP contribution >= 0.6 is 0 Å².